The summed E-state index contributed by atoms with van der Waals surface area (Å²) in [7, 11) is 0. The summed E-state index contributed by atoms with van der Waals surface area (Å²) in [5.74, 6) is 0.444. The Labute approximate surface area is 163 Å². The summed E-state index contributed by atoms with van der Waals surface area (Å²) in [6, 6.07) is 9.87. The van der Waals surface area contributed by atoms with E-state index in [9.17, 15) is 9.59 Å². The summed E-state index contributed by atoms with van der Waals surface area (Å²) >= 11 is 1.45. The zero-order valence-electron chi connectivity index (χ0n) is 15.9. The standard InChI is InChI=1S/C21H25N3O2S/c1-14(2)9-10-15(3)23-18(25)11-24-13-22-20-19(21(24)26)17(12-27-20)16-7-5-4-6-8-16/h4-8,12-15H,9-11H2,1-3H3,(H,23,25). The molecule has 1 atom stereocenters. The first-order valence-corrected chi connectivity index (χ1v) is 10.1. The average Bonchev–Trinajstić information content (AvgIpc) is 3.08. The largest absolute Gasteiger partial charge is 0.352 e. The van der Waals surface area contributed by atoms with E-state index in [1.165, 1.54) is 22.2 Å². The van der Waals surface area contributed by atoms with Crippen LogP contribution in [0, 0.1) is 5.92 Å². The zero-order chi connectivity index (χ0) is 19.4. The predicted octanol–water partition coefficient (Wildman–Crippen LogP) is 4.07. The van der Waals surface area contributed by atoms with Gasteiger partial charge in [0, 0.05) is 17.0 Å². The summed E-state index contributed by atoms with van der Waals surface area (Å²) in [6.45, 7) is 6.31. The quantitative estimate of drug-likeness (QED) is 0.669. The molecule has 2 aromatic heterocycles. The molecule has 0 radical (unpaired) electrons. The number of benzene rings is 1. The predicted molar refractivity (Wildman–Crippen MR) is 111 cm³/mol. The molecule has 6 heteroatoms. The van der Waals surface area contributed by atoms with Crippen LogP contribution in [0.15, 0.2) is 46.8 Å². The molecule has 1 unspecified atom stereocenters. The number of carbonyl (C=O) groups is 1. The van der Waals surface area contributed by atoms with E-state index in [0.717, 1.165) is 24.0 Å². The Morgan fingerprint density at radius 2 is 1.93 bits per heavy atom. The second-order valence-corrected chi connectivity index (χ2v) is 8.17. The number of amides is 1. The molecule has 0 fully saturated rings. The molecule has 0 bridgehead atoms. The number of rotatable bonds is 7. The van der Waals surface area contributed by atoms with Crippen molar-refractivity contribution in [2.75, 3.05) is 0 Å². The molecular formula is C21H25N3O2S. The fourth-order valence-corrected chi connectivity index (χ4v) is 3.95. The van der Waals surface area contributed by atoms with E-state index in [0.29, 0.717) is 16.1 Å². The Morgan fingerprint density at radius 3 is 2.63 bits per heavy atom. The van der Waals surface area contributed by atoms with Crippen LogP contribution in [0.3, 0.4) is 0 Å². The molecule has 5 nitrogen and oxygen atoms in total. The van der Waals surface area contributed by atoms with Gasteiger partial charge in [0.15, 0.2) is 0 Å². The van der Waals surface area contributed by atoms with Crippen molar-refractivity contribution in [1.82, 2.24) is 14.9 Å². The third-order valence-electron chi connectivity index (χ3n) is 4.54. The Kier molecular flexibility index (Phi) is 6.06. The Hall–Kier alpha value is -2.47. The van der Waals surface area contributed by atoms with Crippen LogP contribution >= 0.6 is 11.3 Å². The second-order valence-electron chi connectivity index (χ2n) is 7.31. The topological polar surface area (TPSA) is 64.0 Å². The highest BCUT2D eigenvalue weighted by Gasteiger charge is 2.15. The van der Waals surface area contributed by atoms with Crippen LogP contribution in [0.2, 0.25) is 0 Å². The molecule has 0 aliphatic rings. The van der Waals surface area contributed by atoms with Gasteiger partial charge in [-0.3, -0.25) is 14.2 Å². The van der Waals surface area contributed by atoms with E-state index < -0.39 is 0 Å². The van der Waals surface area contributed by atoms with Gasteiger partial charge in [-0.05, 0) is 31.2 Å². The highest BCUT2D eigenvalue weighted by atomic mass is 32.1. The first-order chi connectivity index (χ1) is 13.0. The lowest BCUT2D eigenvalue weighted by atomic mass is 10.0. The van der Waals surface area contributed by atoms with E-state index in [1.54, 1.807) is 0 Å². The van der Waals surface area contributed by atoms with Gasteiger partial charge < -0.3 is 5.32 Å². The Morgan fingerprint density at radius 1 is 1.19 bits per heavy atom. The molecule has 0 saturated carbocycles. The highest BCUT2D eigenvalue weighted by molar-refractivity contribution is 7.17. The maximum Gasteiger partial charge on any atom is 0.263 e. The molecule has 0 spiro atoms. The molecule has 2 heterocycles. The monoisotopic (exact) mass is 383 g/mol. The maximum absolute atomic E-state index is 13.0. The number of thiophene rings is 1. The Bertz CT molecular complexity index is 976. The number of aromatic nitrogens is 2. The number of nitrogens with one attached hydrogen (secondary N) is 1. The van der Waals surface area contributed by atoms with Gasteiger partial charge in [0.25, 0.3) is 5.56 Å². The van der Waals surface area contributed by atoms with Crippen molar-refractivity contribution in [3.8, 4) is 11.1 Å². The van der Waals surface area contributed by atoms with Crippen molar-refractivity contribution in [3.05, 3.63) is 52.4 Å². The smallest absolute Gasteiger partial charge is 0.263 e. The summed E-state index contributed by atoms with van der Waals surface area (Å²) in [4.78, 5) is 30.4. The molecule has 142 valence electrons. The van der Waals surface area contributed by atoms with E-state index >= 15 is 0 Å². The fourth-order valence-electron chi connectivity index (χ4n) is 3.04. The normalized spacial score (nSPS) is 12.4. The first kappa shape index (κ1) is 19.3. The van der Waals surface area contributed by atoms with Crippen LogP contribution < -0.4 is 10.9 Å². The molecule has 0 saturated heterocycles. The second kappa shape index (κ2) is 8.48. The van der Waals surface area contributed by atoms with Gasteiger partial charge in [-0.1, -0.05) is 44.2 Å². The van der Waals surface area contributed by atoms with Crippen molar-refractivity contribution in [2.24, 2.45) is 5.92 Å². The van der Waals surface area contributed by atoms with E-state index in [2.05, 4.69) is 24.1 Å². The molecule has 1 aromatic carbocycles. The van der Waals surface area contributed by atoms with Crippen LogP contribution in [0.5, 0.6) is 0 Å². The van der Waals surface area contributed by atoms with Crippen LogP contribution in [0.25, 0.3) is 21.3 Å². The minimum absolute atomic E-state index is 0.0160. The van der Waals surface area contributed by atoms with Crippen molar-refractivity contribution in [2.45, 2.75) is 46.2 Å². The van der Waals surface area contributed by atoms with Crippen molar-refractivity contribution >= 4 is 27.5 Å². The molecule has 0 aliphatic carbocycles. The summed E-state index contributed by atoms with van der Waals surface area (Å²) < 4.78 is 1.39. The minimum Gasteiger partial charge on any atom is -0.352 e. The molecule has 1 N–H and O–H groups in total. The van der Waals surface area contributed by atoms with Gasteiger partial charge in [-0.2, -0.15) is 0 Å². The molecule has 27 heavy (non-hydrogen) atoms. The SMILES string of the molecule is CC(C)CCC(C)NC(=O)Cn1cnc2scc(-c3ccccc3)c2c1=O. The van der Waals surface area contributed by atoms with Gasteiger partial charge in [0.1, 0.15) is 11.4 Å². The van der Waals surface area contributed by atoms with Crippen LogP contribution in [0.1, 0.15) is 33.6 Å². The summed E-state index contributed by atoms with van der Waals surface area (Å²) in [5, 5.41) is 5.50. The highest BCUT2D eigenvalue weighted by Crippen LogP contribution is 2.30. The lowest BCUT2D eigenvalue weighted by Crippen LogP contribution is -2.37. The third-order valence-corrected chi connectivity index (χ3v) is 5.43. The van der Waals surface area contributed by atoms with E-state index in [1.807, 2.05) is 42.6 Å². The van der Waals surface area contributed by atoms with Crippen LogP contribution in [-0.2, 0) is 11.3 Å². The summed E-state index contributed by atoms with van der Waals surface area (Å²) in [5.41, 5.74) is 1.67. The number of hydrogen-bond acceptors (Lipinski definition) is 4. The van der Waals surface area contributed by atoms with E-state index in [-0.39, 0.29) is 24.1 Å². The van der Waals surface area contributed by atoms with Crippen molar-refractivity contribution in [1.29, 1.82) is 0 Å². The van der Waals surface area contributed by atoms with E-state index in [4.69, 9.17) is 0 Å². The first-order valence-electron chi connectivity index (χ1n) is 9.27. The van der Waals surface area contributed by atoms with Crippen LogP contribution in [-0.4, -0.2) is 21.5 Å². The van der Waals surface area contributed by atoms with Gasteiger partial charge in [-0.15, -0.1) is 11.3 Å². The van der Waals surface area contributed by atoms with Gasteiger partial charge in [-0.25, -0.2) is 4.98 Å². The van der Waals surface area contributed by atoms with Gasteiger partial charge >= 0.3 is 0 Å². The van der Waals surface area contributed by atoms with Crippen LogP contribution in [0.4, 0.5) is 0 Å². The lowest BCUT2D eigenvalue weighted by Gasteiger charge is -2.15. The summed E-state index contributed by atoms with van der Waals surface area (Å²) in [6.07, 6.45) is 3.46. The van der Waals surface area contributed by atoms with Gasteiger partial charge in [0.2, 0.25) is 5.91 Å². The average molecular weight is 384 g/mol. The Balaban J connectivity index is 1.81. The number of nitrogens with zero attached hydrogens (tertiary/aromatic N) is 2. The molecular weight excluding hydrogens is 358 g/mol. The number of carbonyl (C=O) groups excluding carboxylic acids is 1. The zero-order valence-corrected chi connectivity index (χ0v) is 16.8. The molecule has 3 rings (SSSR count). The number of hydrogen-bond donors (Lipinski definition) is 1. The van der Waals surface area contributed by atoms with Gasteiger partial charge in [0.05, 0.1) is 11.7 Å². The third kappa shape index (κ3) is 4.63. The lowest BCUT2D eigenvalue weighted by molar-refractivity contribution is -0.122. The molecule has 3 aromatic rings. The van der Waals surface area contributed by atoms with Crippen molar-refractivity contribution in [3.63, 3.8) is 0 Å². The number of fused-ring (bicyclic) bond motifs is 1. The maximum atomic E-state index is 13.0. The molecule has 1 amide bonds. The minimum atomic E-state index is -0.176. The fraction of sp³-hybridized carbons (Fsp3) is 0.381. The van der Waals surface area contributed by atoms with Crippen molar-refractivity contribution < 1.29 is 4.79 Å². The molecule has 0 aliphatic heterocycles.